The first kappa shape index (κ1) is 12.6. The van der Waals surface area contributed by atoms with Gasteiger partial charge in [-0.25, -0.2) is 15.0 Å². The maximum absolute atomic E-state index is 4.62. The van der Waals surface area contributed by atoms with Crippen LogP contribution in [0.5, 0.6) is 0 Å². The zero-order valence-electron chi connectivity index (χ0n) is 11.8. The quantitative estimate of drug-likeness (QED) is 0.782. The molecule has 0 unspecified atom stereocenters. The third kappa shape index (κ3) is 2.11. The molecule has 3 aromatic heterocycles. The number of hydrogen-bond acceptors (Lipinski definition) is 5. The lowest BCUT2D eigenvalue weighted by Crippen LogP contribution is -2.10. The Morgan fingerprint density at radius 1 is 1.25 bits per heavy atom. The lowest BCUT2D eigenvalue weighted by Gasteiger charge is -2.09. The third-order valence-electron chi connectivity index (χ3n) is 2.99. The van der Waals surface area contributed by atoms with E-state index in [1.165, 1.54) is 0 Å². The number of aromatic nitrogens is 6. The number of aryl methyl sites for hydroxylation is 2. The van der Waals surface area contributed by atoms with Crippen LogP contribution >= 0.6 is 0 Å². The Morgan fingerprint density at radius 2 is 2.10 bits per heavy atom. The highest BCUT2D eigenvalue weighted by Gasteiger charge is 2.13. The molecule has 0 spiro atoms. The van der Waals surface area contributed by atoms with E-state index in [1.807, 2.05) is 30.6 Å². The molecular formula is C13H17N7. The Bertz CT molecular complexity index is 740. The Hall–Kier alpha value is -2.44. The van der Waals surface area contributed by atoms with Crippen LogP contribution in [0.2, 0.25) is 0 Å². The van der Waals surface area contributed by atoms with Crippen molar-refractivity contribution in [3.63, 3.8) is 0 Å². The highest BCUT2D eigenvalue weighted by atomic mass is 15.4. The molecule has 0 fully saturated rings. The second-order valence-corrected chi connectivity index (χ2v) is 4.65. The number of nitrogens with zero attached hydrogens (tertiary/aromatic N) is 6. The number of nitrogens with one attached hydrogen (secondary N) is 1. The largest absolute Gasteiger partial charge is 0.369 e. The summed E-state index contributed by atoms with van der Waals surface area (Å²) in [5.74, 6) is 3.02. The van der Waals surface area contributed by atoms with Gasteiger partial charge < -0.3 is 9.72 Å². The van der Waals surface area contributed by atoms with E-state index in [1.54, 1.807) is 10.9 Å². The van der Waals surface area contributed by atoms with Crippen LogP contribution in [-0.2, 0) is 0 Å². The van der Waals surface area contributed by atoms with Gasteiger partial charge in [0.15, 0.2) is 5.65 Å². The number of imidazole rings is 1. The smallest absolute Gasteiger partial charge is 0.201 e. The normalized spacial score (nSPS) is 11.2. The first-order chi connectivity index (χ1) is 9.69. The van der Waals surface area contributed by atoms with E-state index in [0.29, 0.717) is 5.82 Å². The summed E-state index contributed by atoms with van der Waals surface area (Å²) in [6.45, 7) is 6.77. The van der Waals surface area contributed by atoms with Gasteiger partial charge >= 0.3 is 0 Å². The molecule has 0 radical (unpaired) electrons. The van der Waals surface area contributed by atoms with Gasteiger partial charge in [0, 0.05) is 18.9 Å². The minimum atomic E-state index is 0.689. The van der Waals surface area contributed by atoms with Crippen LogP contribution in [-0.4, -0.2) is 35.7 Å². The zero-order valence-corrected chi connectivity index (χ0v) is 11.8. The fourth-order valence-electron chi connectivity index (χ4n) is 2.12. The van der Waals surface area contributed by atoms with Gasteiger partial charge in [0.05, 0.1) is 6.20 Å². The summed E-state index contributed by atoms with van der Waals surface area (Å²) in [5.41, 5.74) is 0.764. The van der Waals surface area contributed by atoms with E-state index >= 15 is 0 Å². The minimum absolute atomic E-state index is 0.689. The highest BCUT2D eigenvalue weighted by molar-refractivity contribution is 5.58. The maximum Gasteiger partial charge on any atom is 0.201 e. The molecule has 1 N–H and O–H groups in total. The Balaban J connectivity index is 2.17. The van der Waals surface area contributed by atoms with Gasteiger partial charge in [-0.1, -0.05) is 6.92 Å². The molecule has 3 rings (SSSR count). The van der Waals surface area contributed by atoms with Crippen molar-refractivity contribution in [2.24, 2.45) is 0 Å². The van der Waals surface area contributed by atoms with Crippen LogP contribution in [0, 0.1) is 13.8 Å². The molecule has 0 amide bonds. The predicted octanol–water partition coefficient (Wildman–Crippen LogP) is 1.75. The predicted molar refractivity (Wildman–Crippen MR) is 76.2 cm³/mol. The van der Waals surface area contributed by atoms with Crippen molar-refractivity contribution in [1.29, 1.82) is 0 Å². The van der Waals surface area contributed by atoms with Gasteiger partial charge in [-0.2, -0.15) is 4.68 Å². The van der Waals surface area contributed by atoms with Crippen molar-refractivity contribution in [3.05, 3.63) is 30.2 Å². The third-order valence-corrected chi connectivity index (χ3v) is 2.99. The van der Waals surface area contributed by atoms with Gasteiger partial charge in [-0.3, -0.25) is 0 Å². The van der Waals surface area contributed by atoms with E-state index in [0.717, 1.165) is 36.1 Å². The zero-order chi connectivity index (χ0) is 14.1. The second kappa shape index (κ2) is 4.92. The molecule has 0 saturated carbocycles. The van der Waals surface area contributed by atoms with Crippen LogP contribution in [0.25, 0.3) is 11.5 Å². The van der Waals surface area contributed by atoms with Crippen LogP contribution in [0.4, 0.5) is 5.82 Å². The van der Waals surface area contributed by atoms with Crippen molar-refractivity contribution in [3.8, 4) is 5.82 Å². The van der Waals surface area contributed by atoms with E-state index in [4.69, 9.17) is 0 Å². The Kier molecular flexibility index (Phi) is 3.09. The van der Waals surface area contributed by atoms with E-state index in [2.05, 4.69) is 32.3 Å². The highest BCUT2D eigenvalue weighted by Crippen LogP contribution is 2.16. The lowest BCUT2D eigenvalue weighted by molar-refractivity contribution is 0.800. The van der Waals surface area contributed by atoms with E-state index in [-0.39, 0.29) is 0 Å². The van der Waals surface area contributed by atoms with Gasteiger partial charge in [0.25, 0.3) is 0 Å². The molecule has 0 atom stereocenters. The van der Waals surface area contributed by atoms with Crippen LogP contribution in [0.1, 0.15) is 25.0 Å². The first-order valence-corrected chi connectivity index (χ1v) is 6.67. The number of hydrogen-bond donors (Lipinski definition) is 1. The first-order valence-electron chi connectivity index (χ1n) is 6.67. The molecule has 0 aliphatic rings. The lowest BCUT2D eigenvalue weighted by atomic mass is 10.4. The monoisotopic (exact) mass is 271 g/mol. The Labute approximate surface area is 116 Å². The topological polar surface area (TPSA) is 72.9 Å². The summed E-state index contributed by atoms with van der Waals surface area (Å²) in [6, 6.07) is 0. The van der Waals surface area contributed by atoms with Crippen molar-refractivity contribution >= 4 is 11.5 Å². The summed E-state index contributed by atoms with van der Waals surface area (Å²) in [6.07, 6.45) is 6.63. The standard InChI is InChI=1S/C13H17N7/c1-4-5-14-11-8-19-7-6-15-12(19)13(17-11)20-10(3)16-9(2)18-20/h6-8,14H,4-5H2,1-3H3. The summed E-state index contributed by atoms with van der Waals surface area (Å²) in [4.78, 5) is 13.3. The molecular weight excluding hydrogens is 254 g/mol. The molecule has 0 saturated heterocycles. The van der Waals surface area contributed by atoms with Crippen molar-refractivity contribution < 1.29 is 0 Å². The molecule has 20 heavy (non-hydrogen) atoms. The van der Waals surface area contributed by atoms with Crippen molar-refractivity contribution in [1.82, 2.24) is 29.1 Å². The fraction of sp³-hybridized carbons (Fsp3) is 0.385. The molecule has 0 aliphatic carbocycles. The summed E-state index contributed by atoms with van der Waals surface area (Å²) in [5, 5.41) is 7.68. The minimum Gasteiger partial charge on any atom is -0.369 e. The Morgan fingerprint density at radius 3 is 2.80 bits per heavy atom. The van der Waals surface area contributed by atoms with Gasteiger partial charge in [0.1, 0.15) is 17.5 Å². The molecule has 3 aromatic rings. The summed E-state index contributed by atoms with van der Waals surface area (Å²) < 4.78 is 3.67. The van der Waals surface area contributed by atoms with E-state index < -0.39 is 0 Å². The van der Waals surface area contributed by atoms with Crippen LogP contribution < -0.4 is 5.32 Å². The second-order valence-electron chi connectivity index (χ2n) is 4.65. The fourth-order valence-corrected chi connectivity index (χ4v) is 2.12. The number of rotatable bonds is 4. The number of fused-ring (bicyclic) bond motifs is 1. The van der Waals surface area contributed by atoms with Gasteiger partial charge in [-0.05, 0) is 20.3 Å². The van der Waals surface area contributed by atoms with Gasteiger partial charge in [-0.15, -0.1) is 5.10 Å². The maximum atomic E-state index is 4.62. The van der Waals surface area contributed by atoms with Crippen LogP contribution in [0.3, 0.4) is 0 Å². The SMILES string of the molecule is CCCNc1cn2ccnc2c(-n2nc(C)nc2C)n1. The van der Waals surface area contributed by atoms with Crippen molar-refractivity contribution in [2.75, 3.05) is 11.9 Å². The molecule has 0 aromatic carbocycles. The molecule has 104 valence electrons. The average molecular weight is 271 g/mol. The molecule has 7 heteroatoms. The van der Waals surface area contributed by atoms with Gasteiger partial charge in [0.2, 0.25) is 5.82 Å². The summed E-state index contributed by atoms with van der Waals surface area (Å²) >= 11 is 0. The molecule has 0 aliphatic heterocycles. The number of anilines is 1. The molecule has 7 nitrogen and oxygen atoms in total. The molecule has 0 bridgehead atoms. The van der Waals surface area contributed by atoms with Crippen LogP contribution in [0.15, 0.2) is 18.6 Å². The molecule has 3 heterocycles. The van der Waals surface area contributed by atoms with Crippen molar-refractivity contribution in [2.45, 2.75) is 27.2 Å². The summed E-state index contributed by atoms with van der Waals surface area (Å²) in [7, 11) is 0. The van der Waals surface area contributed by atoms with E-state index in [9.17, 15) is 0 Å². The average Bonchev–Trinajstić information content (AvgIpc) is 3.01.